The molecule has 24 heavy (non-hydrogen) atoms. The van der Waals surface area contributed by atoms with Crippen molar-refractivity contribution >= 4 is 17.5 Å². The molecule has 130 valence electrons. The van der Waals surface area contributed by atoms with Crippen LogP contribution in [0.25, 0.3) is 0 Å². The maximum absolute atomic E-state index is 12.0. The average molecular weight is 333 g/mol. The number of nitrogens with one attached hydrogen (secondary N) is 1. The third-order valence-electron chi connectivity index (χ3n) is 3.79. The van der Waals surface area contributed by atoms with Crippen molar-refractivity contribution in [2.45, 2.75) is 6.54 Å². The van der Waals surface area contributed by atoms with E-state index in [1.807, 2.05) is 0 Å². The lowest BCUT2D eigenvalue weighted by Crippen LogP contribution is -2.35. The second-order valence-corrected chi connectivity index (χ2v) is 5.68. The number of rotatable bonds is 6. The first-order valence-electron chi connectivity index (χ1n) is 7.79. The van der Waals surface area contributed by atoms with Crippen molar-refractivity contribution in [1.29, 1.82) is 0 Å². The molecule has 1 saturated heterocycles. The van der Waals surface area contributed by atoms with Crippen LogP contribution >= 0.6 is 0 Å². The minimum absolute atomic E-state index is 0.0650. The summed E-state index contributed by atoms with van der Waals surface area (Å²) in [5.41, 5.74) is 1.32. The molecule has 1 aromatic carbocycles. The van der Waals surface area contributed by atoms with Gasteiger partial charge in [-0.15, -0.1) is 0 Å². The first kappa shape index (κ1) is 18.0. The van der Waals surface area contributed by atoms with E-state index in [2.05, 4.69) is 16.8 Å². The third kappa shape index (κ3) is 5.07. The molecule has 0 spiro atoms. The second kappa shape index (κ2) is 8.47. The number of phenolic OH excluding ortho intramolecular Hbond substituents is 1. The lowest BCUT2D eigenvalue weighted by molar-refractivity contribution is -0.129. The van der Waals surface area contributed by atoms with Crippen molar-refractivity contribution in [2.75, 3.05) is 45.2 Å². The molecule has 2 N–H and O–H groups in total. The molecule has 0 atom stereocenters. The Morgan fingerprint density at radius 3 is 2.79 bits per heavy atom. The molecule has 7 nitrogen and oxygen atoms in total. The zero-order chi connectivity index (χ0) is 17.5. The minimum atomic E-state index is -0.316. The van der Waals surface area contributed by atoms with Crippen molar-refractivity contribution in [1.82, 2.24) is 9.80 Å². The number of benzene rings is 1. The van der Waals surface area contributed by atoms with E-state index >= 15 is 0 Å². The van der Waals surface area contributed by atoms with E-state index in [0.29, 0.717) is 25.4 Å². The van der Waals surface area contributed by atoms with E-state index in [1.54, 1.807) is 18.2 Å². The number of morpholine rings is 1. The number of anilines is 1. The number of hydrogen-bond donors (Lipinski definition) is 2. The Kier molecular flexibility index (Phi) is 6.34. The minimum Gasteiger partial charge on any atom is -0.508 e. The Hall–Kier alpha value is -2.38. The highest BCUT2D eigenvalue weighted by Crippen LogP contribution is 2.23. The molecule has 1 fully saturated rings. The molecule has 7 heteroatoms. The number of nitrogens with zero attached hydrogens (tertiary/aromatic N) is 2. The van der Waals surface area contributed by atoms with E-state index in [9.17, 15) is 14.7 Å². The highest BCUT2D eigenvalue weighted by atomic mass is 16.5. The Morgan fingerprint density at radius 1 is 1.42 bits per heavy atom. The summed E-state index contributed by atoms with van der Waals surface area (Å²) >= 11 is 0. The molecule has 1 aliphatic rings. The number of carbonyl (C=O) groups excluding carboxylic acids is 2. The quantitative estimate of drug-likeness (QED) is 0.595. The maximum Gasteiger partial charge on any atom is 0.246 e. The third-order valence-corrected chi connectivity index (χ3v) is 3.79. The second-order valence-electron chi connectivity index (χ2n) is 5.68. The van der Waals surface area contributed by atoms with Crippen LogP contribution in [0.5, 0.6) is 5.75 Å². The van der Waals surface area contributed by atoms with Gasteiger partial charge in [0.2, 0.25) is 11.8 Å². The van der Waals surface area contributed by atoms with E-state index in [0.717, 1.165) is 24.7 Å². The predicted octanol–water partition coefficient (Wildman–Crippen LogP) is 0.807. The fourth-order valence-electron chi connectivity index (χ4n) is 2.44. The van der Waals surface area contributed by atoms with Gasteiger partial charge in [-0.3, -0.25) is 14.5 Å². The standard InChI is InChI=1S/C17H23N3O4/c1-3-17(23)19(2)12-16(22)18-14-4-5-15(21)13(10-14)11-20-6-8-24-9-7-20/h3-5,10,21H,1,6-9,11-12H2,2H3,(H,18,22). The fraction of sp³-hybridized carbons (Fsp3) is 0.412. The van der Waals surface area contributed by atoms with Crippen LogP contribution < -0.4 is 5.32 Å². The molecular weight excluding hydrogens is 310 g/mol. The van der Waals surface area contributed by atoms with Gasteiger partial charge in [0.25, 0.3) is 0 Å². The molecule has 1 heterocycles. The summed E-state index contributed by atoms with van der Waals surface area (Å²) in [6, 6.07) is 4.94. The number of phenols is 1. The summed E-state index contributed by atoms with van der Waals surface area (Å²) < 4.78 is 5.31. The zero-order valence-corrected chi connectivity index (χ0v) is 13.8. The summed E-state index contributed by atoms with van der Waals surface area (Å²) in [6.45, 7) is 6.89. The summed E-state index contributed by atoms with van der Waals surface area (Å²) in [4.78, 5) is 26.9. The normalized spacial score (nSPS) is 14.9. The SMILES string of the molecule is C=CC(=O)N(C)CC(=O)Nc1ccc(O)c(CN2CCOCC2)c1. The van der Waals surface area contributed by atoms with E-state index in [1.165, 1.54) is 11.9 Å². The Balaban J connectivity index is 1.97. The summed E-state index contributed by atoms with van der Waals surface area (Å²) in [6.07, 6.45) is 1.16. The van der Waals surface area contributed by atoms with Crippen LogP contribution in [0, 0.1) is 0 Å². The van der Waals surface area contributed by atoms with Crippen LogP contribution in [-0.4, -0.2) is 66.6 Å². The molecule has 0 radical (unpaired) electrons. The van der Waals surface area contributed by atoms with Crippen molar-refractivity contribution in [2.24, 2.45) is 0 Å². The van der Waals surface area contributed by atoms with E-state index in [-0.39, 0.29) is 24.1 Å². The monoisotopic (exact) mass is 333 g/mol. The van der Waals surface area contributed by atoms with Gasteiger partial charge >= 0.3 is 0 Å². The molecule has 0 unspecified atom stereocenters. The smallest absolute Gasteiger partial charge is 0.246 e. The zero-order valence-electron chi connectivity index (χ0n) is 13.8. The summed E-state index contributed by atoms with van der Waals surface area (Å²) in [5, 5.41) is 12.8. The van der Waals surface area contributed by atoms with Gasteiger partial charge in [0.15, 0.2) is 0 Å². The molecule has 1 aromatic rings. The molecule has 1 aliphatic heterocycles. The number of likely N-dealkylation sites (N-methyl/N-ethyl adjacent to an activating group) is 1. The molecule has 2 amide bonds. The maximum atomic E-state index is 12.0. The van der Waals surface area contributed by atoms with Gasteiger partial charge in [0.05, 0.1) is 19.8 Å². The van der Waals surface area contributed by atoms with Gasteiger partial charge < -0.3 is 20.1 Å². The van der Waals surface area contributed by atoms with Gasteiger partial charge in [-0.25, -0.2) is 0 Å². The van der Waals surface area contributed by atoms with Gasteiger partial charge in [-0.1, -0.05) is 6.58 Å². The topological polar surface area (TPSA) is 82.1 Å². The molecule has 0 bridgehead atoms. The first-order valence-corrected chi connectivity index (χ1v) is 7.79. The van der Waals surface area contributed by atoms with Crippen LogP contribution in [0.15, 0.2) is 30.9 Å². The molecule has 0 saturated carbocycles. The van der Waals surface area contributed by atoms with Gasteiger partial charge in [0.1, 0.15) is 5.75 Å². The van der Waals surface area contributed by atoms with Crippen molar-refractivity contribution in [3.63, 3.8) is 0 Å². The Bertz CT molecular complexity index is 612. The highest BCUT2D eigenvalue weighted by Gasteiger charge is 2.14. The van der Waals surface area contributed by atoms with E-state index in [4.69, 9.17) is 4.74 Å². The Morgan fingerprint density at radius 2 is 2.12 bits per heavy atom. The molecule has 2 rings (SSSR count). The lowest BCUT2D eigenvalue weighted by atomic mass is 10.1. The van der Waals surface area contributed by atoms with Crippen LogP contribution in [0.2, 0.25) is 0 Å². The number of aromatic hydroxyl groups is 1. The van der Waals surface area contributed by atoms with Gasteiger partial charge in [-0.05, 0) is 24.3 Å². The van der Waals surface area contributed by atoms with E-state index < -0.39 is 0 Å². The molecular formula is C17H23N3O4. The van der Waals surface area contributed by atoms with Gasteiger partial charge in [0, 0.05) is 37.9 Å². The van der Waals surface area contributed by atoms with Crippen molar-refractivity contribution in [3.8, 4) is 5.75 Å². The molecule has 0 aliphatic carbocycles. The van der Waals surface area contributed by atoms with Crippen molar-refractivity contribution < 1.29 is 19.4 Å². The van der Waals surface area contributed by atoms with Crippen LogP contribution in [-0.2, 0) is 20.9 Å². The number of ether oxygens (including phenoxy) is 1. The fourth-order valence-corrected chi connectivity index (χ4v) is 2.44. The first-order chi connectivity index (χ1) is 11.5. The molecule has 0 aromatic heterocycles. The van der Waals surface area contributed by atoms with Crippen molar-refractivity contribution in [3.05, 3.63) is 36.4 Å². The lowest BCUT2D eigenvalue weighted by Gasteiger charge is -2.27. The summed E-state index contributed by atoms with van der Waals surface area (Å²) in [5.74, 6) is -0.432. The number of carbonyl (C=O) groups is 2. The van der Waals surface area contributed by atoms with Crippen LogP contribution in [0.4, 0.5) is 5.69 Å². The summed E-state index contributed by atoms with van der Waals surface area (Å²) in [7, 11) is 1.53. The van der Waals surface area contributed by atoms with Crippen LogP contribution in [0.1, 0.15) is 5.56 Å². The Labute approximate surface area is 141 Å². The largest absolute Gasteiger partial charge is 0.508 e. The highest BCUT2D eigenvalue weighted by molar-refractivity contribution is 5.96. The number of hydrogen-bond acceptors (Lipinski definition) is 5. The number of amides is 2. The van der Waals surface area contributed by atoms with Gasteiger partial charge in [-0.2, -0.15) is 0 Å². The predicted molar refractivity (Wildman–Crippen MR) is 90.7 cm³/mol. The van der Waals surface area contributed by atoms with Crippen LogP contribution in [0.3, 0.4) is 0 Å². The average Bonchev–Trinajstić information content (AvgIpc) is 2.58.